The summed E-state index contributed by atoms with van der Waals surface area (Å²) in [5, 5.41) is 3.99. The Morgan fingerprint density at radius 2 is 1.74 bits per heavy atom. The number of thiazole rings is 1. The van der Waals surface area contributed by atoms with Gasteiger partial charge in [0.2, 0.25) is 5.91 Å². The molecule has 31 heavy (non-hydrogen) atoms. The lowest BCUT2D eigenvalue weighted by molar-refractivity contribution is -0.118. The number of nitrogens with one attached hydrogen (secondary N) is 1. The molecule has 2 aromatic heterocycles. The van der Waals surface area contributed by atoms with E-state index < -0.39 is 12.0 Å². The lowest BCUT2D eigenvalue weighted by Crippen LogP contribution is -2.32. The first-order chi connectivity index (χ1) is 14.5. The van der Waals surface area contributed by atoms with E-state index in [1.165, 1.54) is 4.57 Å². The van der Waals surface area contributed by atoms with Gasteiger partial charge in [-0.05, 0) is 65.7 Å². The molecule has 8 heteroatoms. The van der Waals surface area contributed by atoms with Gasteiger partial charge in [0.25, 0.3) is 5.56 Å². The van der Waals surface area contributed by atoms with E-state index in [1.807, 2.05) is 32.9 Å². The van der Waals surface area contributed by atoms with Crippen molar-refractivity contribution in [3.63, 3.8) is 0 Å². The number of pyridine rings is 1. The standard InChI is InChI=1S/C23H27N3O4S/c1-11(2)30-22(29)20-15(6)24-23(31-20)25-21(28)16(7)26-18(27)10-13(4)17-9-12(3)8-14(5)19(17)26/h8-11,16H,1-7H3,(H,24,25,28). The summed E-state index contributed by atoms with van der Waals surface area (Å²) in [7, 11) is 0. The van der Waals surface area contributed by atoms with Crippen molar-refractivity contribution in [1.29, 1.82) is 0 Å². The van der Waals surface area contributed by atoms with E-state index >= 15 is 0 Å². The van der Waals surface area contributed by atoms with Crippen molar-refractivity contribution in [3.05, 3.63) is 55.8 Å². The second-order valence-electron chi connectivity index (χ2n) is 8.07. The molecule has 1 unspecified atom stereocenters. The zero-order valence-electron chi connectivity index (χ0n) is 18.8. The Kier molecular flexibility index (Phi) is 6.31. The van der Waals surface area contributed by atoms with Crippen LogP contribution in [0, 0.1) is 27.7 Å². The van der Waals surface area contributed by atoms with Crippen LogP contribution >= 0.6 is 11.3 Å². The molecule has 0 saturated carbocycles. The molecule has 0 aliphatic heterocycles. The molecule has 164 valence electrons. The van der Waals surface area contributed by atoms with E-state index in [1.54, 1.807) is 33.8 Å². The Morgan fingerprint density at radius 1 is 1.06 bits per heavy atom. The summed E-state index contributed by atoms with van der Waals surface area (Å²) in [5.74, 6) is -0.852. The first-order valence-electron chi connectivity index (χ1n) is 10.1. The van der Waals surface area contributed by atoms with Gasteiger partial charge in [-0.3, -0.25) is 14.2 Å². The average Bonchev–Trinajstić information content (AvgIpc) is 3.02. The number of ether oxygens (including phenoxy) is 1. The van der Waals surface area contributed by atoms with Crippen LogP contribution in [0.1, 0.15) is 58.9 Å². The molecule has 1 amide bonds. The smallest absolute Gasteiger partial charge is 0.350 e. The number of nitrogens with zero attached hydrogens (tertiary/aromatic N) is 2. The van der Waals surface area contributed by atoms with Crippen LogP contribution in [0.15, 0.2) is 23.0 Å². The van der Waals surface area contributed by atoms with Crippen molar-refractivity contribution >= 4 is 39.2 Å². The highest BCUT2D eigenvalue weighted by molar-refractivity contribution is 7.17. The number of benzene rings is 1. The highest BCUT2D eigenvalue weighted by Crippen LogP contribution is 2.27. The van der Waals surface area contributed by atoms with Gasteiger partial charge in [-0.25, -0.2) is 9.78 Å². The van der Waals surface area contributed by atoms with Crippen LogP contribution in [0.5, 0.6) is 0 Å². The van der Waals surface area contributed by atoms with E-state index in [2.05, 4.69) is 10.3 Å². The monoisotopic (exact) mass is 441 g/mol. The van der Waals surface area contributed by atoms with Crippen LogP contribution in [0.4, 0.5) is 5.13 Å². The van der Waals surface area contributed by atoms with Crippen molar-refractivity contribution in [2.45, 2.75) is 60.6 Å². The van der Waals surface area contributed by atoms with Crippen LogP contribution < -0.4 is 10.9 Å². The van der Waals surface area contributed by atoms with Gasteiger partial charge >= 0.3 is 5.97 Å². The number of fused-ring (bicyclic) bond motifs is 1. The Morgan fingerprint density at radius 3 is 2.39 bits per heavy atom. The third kappa shape index (κ3) is 4.54. The zero-order chi connectivity index (χ0) is 23.0. The molecule has 0 aliphatic carbocycles. The van der Waals surface area contributed by atoms with E-state index in [0.29, 0.717) is 15.7 Å². The number of aromatic nitrogens is 2. The normalized spacial score (nSPS) is 12.3. The molecule has 1 N–H and O–H groups in total. The predicted molar refractivity (Wildman–Crippen MR) is 123 cm³/mol. The van der Waals surface area contributed by atoms with Crippen LogP contribution in [0.2, 0.25) is 0 Å². The lowest BCUT2D eigenvalue weighted by atomic mass is 10.0. The lowest BCUT2D eigenvalue weighted by Gasteiger charge is -2.20. The third-order valence-corrected chi connectivity index (χ3v) is 6.06. The summed E-state index contributed by atoms with van der Waals surface area (Å²) in [6.45, 7) is 12.7. The second kappa shape index (κ2) is 8.63. The number of anilines is 1. The molecule has 0 saturated heterocycles. The highest BCUT2D eigenvalue weighted by atomic mass is 32.1. The number of carbonyl (C=O) groups is 2. The van der Waals surface area contributed by atoms with E-state index in [4.69, 9.17) is 4.74 Å². The van der Waals surface area contributed by atoms with Crippen LogP contribution in [-0.4, -0.2) is 27.5 Å². The first-order valence-corrected chi connectivity index (χ1v) is 10.9. The molecule has 0 aliphatic rings. The van der Waals surface area contributed by atoms with Crippen LogP contribution in [0.25, 0.3) is 10.9 Å². The Balaban J connectivity index is 1.96. The average molecular weight is 442 g/mol. The topological polar surface area (TPSA) is 90.3 Å². The number of esters is 1. The first kappa shape index (κ1) is 22.7. The minimum Gasteiger partial charge on any atom is -0.459 e. The number of carbonyl (C=O) groups excluding carboxylic acids is 2. The summed E-state index contributed by atoms with van der Waals surface area (Å²) < 4.78 is 6.74. The maximum absolute atomic E-state index is 13.0. The molecule has 0 fully saturated rings. The van der Waals surface area contributed by atoms with Gasteiger partial charge in [0, 0.05) is 11.5 Å². The number of amides is 1. The summed E-state index contributed by atoms with van der Waals surface area (Å²) in [5.41, 5.74) is 3.89. The van der Waals surface area contributed by atoms with Gasteiger partial charge in [0.05, 0.1) is 17.3 Å². The Bertz CT molecular complexity index is 1240. The summed E-state index contributed by atoms with van der Waals surface area (Å²) >= 11 is 1.06. The van der Waals surface area contributed by atoms with Crippen molar-refractivity contribution in [2.75, 3.05) is 5.32 Å². The fraction of sp³-hybridized carbons (Fsp3) is 0.391. The maximum atomic E-state index is 13.0. The van der Waals surface area contributed by atoms with Gasteiger partial charge in [0.15, 0.2) is 5.13 Å². The fourth-order valence-corrected chi connectivity index (χ4v) is 4.49. The molecule has 1 aromatic carbocycles. The van der Waals surface area contributed by atoms with Gasteiger partial charge in [-0.15, -0.1) is 0 Å². The molecule has 3 rings (SSSR count). The van der Waals surface area contributed by atoms with Gasteiger partial charge in [-0.1, -0.05) is 23.0 Å². The third-order valence-electron chi connectivity index (χ3n) is 5.01. The van der Waals surface area contributed by atoms with E-state index in [0.717, 1.165) is 38.9 Å². The largest absolute Gasteiger partial charge is 0.459 e. The van der Waals surface area contributed by atoms with E-state index in [-0.39, 0.29) is 17.6 Å². The molecular weight excluding hydrogens is 414 g/mol. The van der Waals surface area contributed by atoms with Crippen molar-refractivity contribution < 1.29 is 14.3 Å². The maximum Gasteiger partial charge on any atom is 0.350 e. The van der Waals surface area contributed by atoms with Crippen molar-refractivity contribution in [3.8, 4) is 0 Å². The second-order valence-corrected chi connectivity index (χ2v) is 9.07. The molecule has 1 atom stereocenters. The molecule has 0 bridgehead atoms. The van der Waals surface area contributed by atoms with Gasteiger partial charge in [-0.2, -0.15) is 0 Å². The Labute approximate surface area is 185 Å². The van der Waals surface area contributed by atoms with E-state index in [9.17, 15) is 14.4 Å². The fourth-order valence-electron chi connectivity index (χ4n) is 3.64. The number of rotatable bonds is 5. The van der Waals surface area contributed by atoms with Crippen LogP contribution in [0.3, 0.4) is 0 Å². The number of aryl methyl sites for hydroxylation is 4. The van der Waals surface area contributed by atoms with Crippen molar-refractivity contribution in [2.24, 2.45) is 0 Å². The molecule has 2 heterocycles. The highest BCUT2D eigenvalue weighted by Gasteiger charge is 2.23. The van der Waals surface area contributed by atoms with Crippen LogP contribution in [-0.2, 0) is 9.53 Å². The van der Waals surface area contributed by atoms with Gasteiger partial charge < -0.3 is 10.1 Å². The zero-order valence-corrected chi connectivity index (χ0v) is 19.6. The molecule has 0 spiro atoms. The summed E-state index contributed by atoms with van der Waals surface area (Å²) in [6, 6.07) is 4.81. The quantitative estimate of drug-likeness (QED) is 0.591. The SMILES string of the molecule is Cc1cc(C)c2c(c1)c(C)cc(=O)n2C(C)C(=O)Nc1nc(C)c(C(=O)OC(C)C)s1. The molecular formula is C23H27N3O4S. The minimum atomic E-state index is -0.771. The molecule has 0 radical (unpaired) electrons. The summed E-state index contributed by atoms with van der Waals surface area (Å²) in [4.78, 5) is 42.7. The Hall–Kier alpha value is -3.00. The van der Waals surface area contributed by atoms with Crippen molar-refractivity contribution in [1.82, 2.24) is 9.55 Å². The van der Waals surface area contributed by atoms with Gasteiger partial charge in [0.1, 0.15) is 10.9 Å². The molecule has 7 nitrogen and oxygen atoms in total. The number of hydrogen-bond donors (Lipinski definition) is 1. The minimum absolute atomic E-state index is 0.240. The number of hydrogen-bond acceptors (Lipinski definition) is 6. The predicted octanol–water partition coefficient (Wildman–Crippen LogP) is 4.46. The molecule has 3 aromatic rings. The summed E-state index contributed by atoms with van der Waals surface area (Å²) in [6.07, 6.45) is -0.249.